The molecule has 1 fully saturated rings. The fraction of sp³-hybridized carbons (Fsp3) is 0.367. The summed E-state index contributed by atoms with van der Waals surface area (Å²) in [6, 6.07) is 22.2. The molecule has 200 valence electrons. The lowest BCUT2D eigenvalue weighted by Gasteiger charge is -2.37. The fourth-order valence-electron chi connectivity index (χ4n) is 6.66. The van der Waals surface area contributed by atoms with Crippen LogP contribution in [0.2, 0.25) is 23.7 Å². The fourth-order valence-corrected chi connectivity index (χ4v) is 11.5. The number of carbonyl (C=O) groups excluding carboxylic acids is 1. The second kappa shape index (κ2) is 10.6. The van der Waals surface area contributed by atoms with Gasteiger partial charge in [0.15, 0.2) is 5.60 Å². The Morgan fingerprint density at radius 2 is 1.87 bits per heavy atom. The highest BCUT2D eigenvalue weighted by Crippen LogP contribution is 2.60. The van der Waals surface area contributed by atoms with Crippen LogP contribution in [0, 0.1) is 9.49 Å². The van der Waals surface area contributed by atoms with Gasteiger partial charge in [0.2, 0.25) is 0 Å². The van der Waals surface area contributed by atoms with Crippen LogP contribution in [0.3, 0.4) is 0 Å². The second-order valence-corrected chi connectivity index (χ2v) is 17.2. The highest BCUT2D eigenvalue weighted by molar-refractivity contribution is 14.1. The summed E-state index contributed by atoms with van der Waals surface area (Å²) >= 11 is 8.82. The Bertz CT molecular complexity index is 1350. The highest BCUT2D eigenvalue weighted by atomic mass is 127. The number of halogens is 2. The minimum Gasteiger partial charge on any atom is -0.497 e. The number of hydrogen-bond donors (Lipinski definition) is 1. The summed E-state index contributed by atoms with van der Waals surface area (Å²) < 4.78 is 13.4. The number of anilines is 1. The molecule has 0 bridgehead atoms. The average Bonchev–Trinajstić information content (AvgIpc) is 3.31. The van der Waals surface area contributed by atoms with Gasteiger partial charge >= 0.3 is 0 Å². The Morgan fingerprint density at radius 1 is 1.13 bits per heavy atom. The maximum absolute atomic E-state index is 14.5. The van der Waals surface area contributed by atoms with Crippen molar-refractivity contribution in [1.29, 1.82) is 0 Å². The number of hydrogen-bond acceptors (Lipinski definition) is 4. The zero-order valence-corrected chi connectivity index (χ0v) is 26.0. The standard InChI is InChI=1S/C30H33ClINO4Si/c1-19-28(38(3,4)24-11-9-23(36-2)10-12-24)27(14-15-34)37-30(19)25-17-21(31)8-13-26(25)33(29(30)35)18-20-6-5-7-22(32)16-20/h5-13,16-17,19,27-28,34H,14-15,18H2,1-4H3/t19-,27+,28-,30+/m1/s1. The Balaban J connectivity index is 1.60. The molecule has 3 aromatic carbocycles. The second-order valence-electron chi connectivity index (χ2n) is 10.9. The van der Waals surface area contributed by atoms with E-state index in [0.29, 0.717) is 18.0 Å². The number of methoxy groups -OCH3 is 1. The Labute approximate surface area is 244 Å². The van der Waals surface area contributed by atoms with Crippen LogP contribution in [0.1, 0.15) is 24.5 Å². The summed E-state index contributed by atoms with van der Waals surface area (Å²) in [5.74, 6) is 0.651. The SMILES string of the molecule is COc1ccc([Si](C)(C)[C@H]2[C@H](CCO)O[C@@]3(C(=O)N(Cc4cccc(I)c4)c4ccc(Cl)cc43)[C@@H]2C)cc1. The number of benzene rings is 3. The number of fused-ring (bicyclic) bond motifs is 2. The third-order valence-electron chi connectivity index (χ3n) is 8.44. The van der Waals surface area contributed by atoms with E-state index in [1.54, 1.807) is 7.11 Å². The average molecular weight is 662 g/mol. The third-order valence-corrected chi connectivity index (χ3v) is 13.7. The van der Waals surface area contributed by atoms with E-state index in [4.69, 9.17) is 21.1 Å². The van der Waals surface area contributed by atoms with Gasteiger partial charge in [0.1, 0.15) is 5.75 Å². The van der Waals surface area contributed by atoms with Gasteiger partial charge in [0.25, 0.3) is 5.91 Å². The quantitative estimate of drug-likeness (QED) is 0.246. The molecule has 0 saturated carbocycles. The topological polar surface area (TPSA) is 59.0 Å². The summed E-state index contributed by atoms with van der Waals surface area (Å²) in [5.41, 5.74) is 1.68. The molecule has 5 nitrogen and oxygen atoms in total. The predicted octanol–water partition coefficient (Wildman–Crippen LogP) is 6.10. The Kier molecular flexibility index (Phi) is 7.69. The number of aliphatic hydroxyl groups is 1. The van der Waals surface area contributed by atoms with E-state index in [-0.39, 0.29) is 30.1 Å². The van der Waals surface area contributed by atoms with Gasteiger partial charge in [-0.05, 0) is 82.6 Å². The lowest BCUT2D eigenvalue weighted by Crippen LogP contribution is -2.51. The van der Waals surface area contributed by atoms with E-state index in [0.717, 1.165) is 26.1 Å². The lowest BCUT2D eigenvalue weighted by molar-refractivity contribution is -0.146. The maximum Gasteiger partial charge on any atom is 0.264 e. The lowest BCUT2D eigenvalue weighted by atomic mass is 9.82. The molecule has 0 aromatic heterocycles. The first-order chi connectivity index (χ1) is 18.1. The molecule has 2 heterocycles. The van der Waals surface area contributed by atoms with Crippen molar-refractivity contribution in [3.05, 3.63) is 86.4 Å². The van der Waals surface area contributed by atoms with Gasteiger partial charge in [-0.3, -0.25) is 4.79 Å². The van der Waals surface area contributed by atoms with E-state index in [9.17, 15) is 9.90 Å². The monoisotopic (exact) mass is 661 g/mol. The molecule has 8 heteroatoms. The van der Waals surface area contributed by atoms with Crippen LogP contribution in [0.5, 0.6) is 5.75 Å². The normalized spacial score (nSPS) is 24.8. The number of nitrogens with zero attached hydrogens (tertiary/aromatic N) is 1. The van der Waals surface area contributed by atoms with Crippen LogP contribution in [-0.4, -0.2) is 38.9 Å². The van der Waals surface area contributed by atoms with E-state index in [2.05, 4.69) is 60.8 Å². The van der Waals surface area contributed by atoms with Crippen LogP contribution in [0.15, 0.2) is 66.7 Å². The number of ether oxygens (including phenoxy) is 2. The molecule has 2 aliphatic heterocycles. The summed E-state index contributed by atoms with van der Waals surface area (Å²) in [4.78, 5) is 16.4. The molecule has 1 spiro atoms. The number of amides is 1. The molecule has 5 rings (SSSR count). The Morgan fingerprint density at radius 3 is 2.53 bits per heavy atom. The predicted molar refractivity (Wildman–Crippen MR) is 163 cm³/mol. The van der Waals surface area contributed by atoms with Gasteiger partial charge in [-0.25, -0.2) is 0 Å². The molecule has 38 heavy (non-hydrogen) atoms. The highest BCUT2D eigenvalue weighted by Gasteiger charge is 2.66. The van der Waals surface area contributed by atoms with Gasteiger partial charge in [-0.2, -0.15) is 0 Å². The van der Waals surface area contributed by atoms with Gasteiger partial charge in [-0.15, -0.1) is 0 Å². The first-order valence-electron chi connectivity index (χ1n) is 12.9. The van der Waals surface area contributed by atoms with Crippen molar-refractivity contribution >= 4 is 59.0 Å². The van der Waals surface area contributed by atoms with Crippen LogP contribution in [-0.2, 0) is 21.7 Å². The van der Waals surface area contributed by atoms with Crippen molar-refractivity contribution in [3.8, 4) is 5.75 Å². The van der Waals surface area contributed by atoms with Crippen LogP contribution in [0.4, 0.5) is 5.69 Å². The van der Waals surface area contributed by atoms with Crippen molar-refractivity contribution in [2.24, 2.45) is 5.92 Å². The maximum atomic E-state index is 14.5. The van der Waals surface area contributed by atoms with Gasteiger partial charge in [0.05, 0.1) is 33.5 Å². The van der Waals surface area contributed by atoms with E-state index < -0.39 is 13.7 Å². The molecule has 0 aliphatic carbocycles. The zero-order chi connectivity index (χ0) is 27.2. The van der Waals surface area contributed by atoms with E-state index >= 15 is 0 Å². The van der Waals surface area contributed by atoms with Crippen LogP contribution >= 0.6 is 34.2 Å². The molecule has 0 unspecified atom stereocenters. The molecule has 4 atom stereocenters. The summed E-state index contributed by atoms with van der Waals surface area (Å²) in [7, 11) is -0.535. The molecule has 1 amide bonds. The first kappa shape index (κ1) is 27.6. The zero-order valence-electron chi connectivity index (χ0n) is 22.1. The van der Waals surface area contributed by atoms with Crippen molar-refractivity contribution < 1.29 is 19.4 Å². The number of aliphatic hydroxyl groups excluding tert-OH is 1. The molecule has 2 aliphatic rings. The van der Waals surface area contributed by atoms with Gasteiger partial charge in [-0.1, -0.05) is 61.1 Å². The molecule has 1 saturated heterocycles. The van der Waals surface area contributed by atoms with E-state index in [1.165, 1.54) is 5.19 Å². The number of rotatable bonds is 7. The van der Waals surface area contributed by atoms with E-state index in [1.807, 2.05) is 53.4 Å². The summed E-state index contributed by atoms with van der Waals surface area (Å²) in [6.45, 7) is 7.28. The minimum atomic E-state index is -2.20. The van der Waals surface area contributed by atoms with Crippen LogP contribution < -0.4 is 14.8 Å². The van der Waals surface area contributed by atoms with Crippen molar-refractivity contribution in [3.63, 3.8) is 0 Å². The Hall–Kier alpha value is -1.91. The molecular formula is C30H33ClINO4Si. The molecule has 1 N–H and O–H groups in total. The molecule has 3 aromatic rings. The number of carbonyl (C=O) groups is 1. The largest absolute Gasteiger partial charge is 0.497 e. The first-order valence-corrected chi connectivity index (χ1v) is 17.5. The molecule has 0 radical (unpaired) electrons. The minimum absolute atomic E-state index is 0.000179. The van der Waals surface area contributed by atoms with Crippen LogP contribution in [0.25, 0.3) is 0 Å². The smallest absolute Gasteiger partial charge is 0.264 e. The summed E-state index contributed by atoms with van der Waals surface area (Å²) in [5, 5.41) is 11.9. The van der Waals surface area contributed by atoms with Crippen molar-refractivity contribution in [2.45, 2.75) is 50.2 Å². The third kappa shape index (κ3) is 4.50. The molecular weight excluding hydrogens is 629 g/mol. The van der Waals surface area contributed by atoms with Gasteiger partial charge in [0, 0.05) is 26.7 Å². The van der Waals surface area contributed by atoms with Crippen molar-refractivity contribution in [2.75, 3.05) is 18.6 Å². The van der Waals surface area contributed by atoms with Crippen molar-refractivity contribution in [1.82, 2.24) is 0 Å². The van der Waals surface area contributed by atoms with Gasteiger partial charge < -0.3 is 19.5 Å². The summed E-state index contributed by atoms with van der Waals surface area (Å²) in [6.07, 6.45) is 0.218.